The van der Waals surface area contributed by atoms with Gasteiger partial charge < -0.3 is 19.2 Å². The average Bonchev–Trinajstić information content (AvgIpc) is 2.89. The summed E-state index contributed by atoms with van der Waals surface area (Å²) in [5.41, 5.74) is 2.52. The van der Waals surface area contributed by atoms with Gasteiger partial charge in [-0.3, -0.25) is 4.90 Å². The third kappa shape index (κ3) is 5.30. The molecule has 0 bridgehead atoms. The average molecular weight is 477 g/mol. The van der Waals surface area contributed by atoms with Crippen molar-refractivity contribution in [2.45, 2.75) is 44.7 Å². The van der Waals surface area contributed by atoms with Gasteiger partial charge in [-0.2, -0.15) is 0 Å². The number of rotatable bonds is 8. The molecule has 6 heteroatoms. The van der Waals surface area contributed by atoms with E-state index < -0.39 is 5.63 Å². The first-order valence-electron chi connectivity index (χ1n) is 12.9. The molecule has 186 valence electrons. The van der Waals surface area contributed by atoms with E-state index >= 15 is 0 Å². The van der Waals surface area contributed by atoms with Crippen LogP contribution in [0.5, 0.6) is 5.75 Å². The monoisotopic (exact) mass is 476 g/mol. The van der Waals surface area contributed by atoms with E-state index in [4.69, 9.17) is 9.15 Å². The summed E-state index contributed by atoms with van der Waals surface area (Å²) in [5.74, 6) is 0.765. The van der Waals surface area contributed by atoms with Crippen LogP contribution in [0.2, 0.25) is 0 Å². The second kappa shape index (κ2) is 10.9. The normalized spacial score (nSPS) is 20.9. The van der Waals surface area contributed by atoms with Crippen molar-refractivity contribution in [3.05, 3.63) is 64.5 Å². The maximum Gasteiger partial charge on any atom is 0.336 e. The summed E-state index contributed by atoms with van der Waals surface area (Å²) in [6.45, 7) is 5.28. The zero-order valence-electron chi connectivity index (χ0n) is 20.6. The standard InChI is InChI=1S/C29H36N2O4/c1-34-17-16-30(19-22-10-7-15-31-14-6-5-11-26(22)31)20-25-27(32)13-12-23-24(18-28(33)35-29(23)25)21-8-3-2-4-9-21/h2-4,8-9,12-13,18,22,26,32H,5-7,10-11,14-17,19-20H2,1H3/t22-,26+/m0/s1. The van der Waals surface area contributed by atoms with E-state index in [1.165, 1.54) is 45.2 Å². The summed E-state index contributed by atoms with van der Waals surface area (Å²) in [5, 5.41) is 11.7. The van der Waals surface area contributed by atoms with Gasteiger partial charge in [0.25, 0.3) is 0 Å². The van der Waals surface area contributed by atoms with Crippen LogP contribution < -0.4 is 5.63 Å². The summed E-state index contributed by atoms with van der Waals surface area (Å²) in [4.78, 5) is 17.6. The minimum absolute atomic E-state index is 0.163. The minimum Gasteiger partial charge on any atom is -0.507 e. The van der Waals surface area contributed by atoms with Gasteiger partial charge in [0.1, 0.15) is 11.3 Å². The molecule has 0 radical (unpaired) electrons. The van der Waals surface area contributed by atoms with E-state index in [0.717, 1.165) is 29.6 Å². The molecule has 0 aliphatic carbocycles. The Kier molecular flexibility index (Phi) is 7.51. The van der Waals surface area contributed by atoms with Crippen LogP contribution in [0.15, 0.2) is 57.7 Å². The van der Waals surface area contributed by atoms with Gasteiger partial charge in [0.15, 0.2) is 0 Å². The van der Waals surface area contributed by atoms with Crippen molar-refractivity contribution < 1.29 is 14.3 Å². The predicted octanol–water partition coefficient (Wildman–Crippen LogP) is 4.88. The van der Waals surface area contributed by atoms with E-state index in [-0.39, 0.29) is 5.75 Å². The smallest absolute Gasteiger partial charge is 0.336 e. The first-order chi connectivity index (χ1) is 17.1. The summed E-state index contributed by atoms with van der Waals surface area (Å²) in [7, 11) is 1.72. The number of hydrogen-bond donors (Lipinski definition) is 1. The number of nitrogens with zero attached hydrogens (tertiary/aromatic N) is 2. The van der Waals surface area contributed by atoms with Gasteiger partial charge in [0.05, 0.1) is 12.2 Å². The van der Waals surface area contributed by atoms with Gasteiger partial charge in [-0.15, -0.1) is 0 Å². The molecule has 2 aliphatic heterocycles. The quantitative estimate of drug-likeness (QED) is 0.468. The fraction of sp³-hybridized carbons (Fsp3) is 0.483. The van der Waals surface area contributed by atoms with Crippen LogP contribution in [0.25, 0.3) is 22.1 Å². The number of hydrogen-bond acceptors (Lipinski definition) is 6. The van der Waals surface area contributed by atoms with E-state index in [1.54, 1.807) is 19.2 Å². The lowest BCUT2D eigenvalue weighted by Crippen LogP contribution is -2.51. The Bertz CT molecular complexity index is 1190. The second-order valence-electron chi connectivity index (χ2n) is 10.0. The fourth-order valence-electron chi connectivity index (χ4n) is 6.08. The van der Waals surface area contributed by atoms with Gasteiger partial charge in [-0.1, -0.05) is 36.8 Å². The summed E-state index contributed by atoms with van der Waals surface area (Å²) in [6, 6.07) is 15.6. The highest BCUT2D eigenvalue weighted by Crippen LogP contribution is 2.35. The van der Waals surface area contributed by atoms with Crippen LogP contribution in [0, 0.1) is 5.92 Å². The van der Waals surface area contributed by atoms with Crippen molar-refractivity contribution in [3.63, 3.8) is 0 Å². The van der Waals surface area contributed by atoms with Crippen LogP contribution in [0.3, 0.4) is 0 Å². The van der Waals surface area contributed by atoms with Crippen molar-refractivity contribution in [1.29, 1.82) is 0 Å². The number of piperidine rings is 2. The third-order valence-corrected chi connectivity index (χ3v) is 7.79. The van der Waals surface area contributed by atoms with Gasteiger partial charge in [0, 0.05) is 44.2 Å². The Morgan fingerprint density at radius 3 is 2.74 bits per heavy atom. The van der Waals surface area contributed by atoms with Crippen LogP contribution >= 0.6 is 0 Å². The number of benzene rings is 2. The molecule has 0 amide bonds. The molecule has 0 spiro atoms. The summed E-state index contributed by atoms with van der Waals surface area (Å²) < 4.78 is 11.2. The molecule has 2 aliphatic rings. The molecule has 2 atom stereocenters. The van der Waals surface area contributed by atoms with Crippen LogP contribution in [0.1, 0.15) is 37.7 Å². The van der Waals surface area contributed by atoms with Crippen molar-refractivity contribution in [3.8, 4) is 16.9 Å². The Hall–Kier alpha value is -2.67. The van der Waals surface area contributed by atoms with Crippen LogP contribution in [-0.4, -0.2) is 60.8 Å². The third-order valence-electron chi connectivity index (χ3n) is 7.79. The van der Waals surface area contributed by atoms with E-state index in [2.05, 4.69) is 9.80 Å². The first-order valence-corrected chi connectivity index (χ1v) is 12.9. The highest BCUT2D eigenvalue weighted by Gasteiger charge is 2.34. The van der Waals surface area contributed by atoms with Crippen molar-refractivity contribution in [2.24, 2.45) is 5.92 Å². The number of methoxy groups -OCH3 is 1. The molecular weight excluding hydrogens is 440 g/mol. The van der Waals surface area contributed by atoms with Gasteiger partial charge in [0.2, 0.25) is 0 Å². The maximum absolute atomic E-state index is 12.6. The maximum atomic E-state index is 12.6. The molecule has 3 aromatic rings. The lowest BCUT2D eigenvalue weighted by Gasteiger charge is -2.45. The first kappa shape index (κ1) is 24.0. The molecule has 5 rings (SSSR count). The molecule has 6 nitrogen and oxygen atoms in total. The molecule has 1 aromatic heterocycles. The number of phenols is 1. The number of aromatic hydroxyl groups is 1. The lowest BCUT2D eigenvalue weighted by molar-refractivity contribution is 0.0335. The molecule has 0 saturated carbocycles. The minimum atomic E-state index is -0.406. The van der Waals surface area contributed by atoms with Gasteiger partial charge in [-0.25, -0.2) is 4.79 Å². The number of phenolic OH excluding ortho intramolecular Hbond substituents is 1. The Balaban J connectivity index is 1.48. The van der Waals surface area contributed by atoms with Gasteiger partial charge >= 0.3 is 5.63 Å². The molecule has 2 aromatic carbocycles. The van der Waals surface area contributed by atoms with E-state index in [1.807, 2.05) is 36.4 Å². The molecule has 1 N–H and O–H groups in total. The Morgan fingerprint density at radius 2 is 1.91 bits per heavy atom. The highest BCUT2D eigenvalue weighted by atomic mass is 16.5. The second-order valence-corrected chi connectivity index (χ2v) is 10.0. The number of fused-ring (bicyclic) bond motifs is 2. The fourth-order valence-corrected chi connectivity index (χ4v) is 6.08. The predicted molar refractivity (Wildman–Crippen MR) is 139 cm³/mol. The topological polar surface area (TPSA) is 66.2 Å². The molecule has 2 saturated heterocycles. The Morgan fingerprint density at radius 1 is 1.09 bits per heavy atom. The van der Waals surface area contributed by atoms with Crippen LogP contribution in [-0.2, 0) is 11.3 Å². The molecule has 2 fully saturated rings. The van der Waals surface area contributed by atoms with E-state index in [9.17, 15) is 9.90 Å². The molecule has 0 unspecified atom stereocenters. The van der Waals surface area contributed by atoms with E-state index in [0.29, 0.717) is 36.3 Å². The van der Waals surface area contributed by atoms with Crippen molar-refractivity contribution in [2.75, 3.05) is 39.9 Å². The summed E-state index contributed by atoms with van der Waals surface area (Å²) in [6.07, 6.45) is 6.38. The van der Waals surface area contributed by atoms with Crippen molar-refractivity contribution >= 4 is 11.0 Å². The summed E-state index contributed by atoms with van der Waals surface area (Å²) >= 11 is 0. The zero-order chi connectivity index (χ0) is 24.2. The largest absolute Gasteiger partial charge is 0.507 e. The molecule has 35 heavy (non-hydrogen) atoms. The lowest BCUT2D eigenvalue weighted by atomic mass is 9.83. The zero-order valence-corrected chi connectivity index (χ0v) is 20.6. The molecular formula is C29H36N2O4. The number of ether oxygens (including phenoxy) is 1. The van der Waals surface area contributed by atoms with Crippen LogP contribution in [0.4, 0.5) is 0 Å². The SMILES string of the molecule is COCCN(Cc1c(O)ccc2c(-c3ccccc3)cc(=O)oc12)C[C@@H]1CCCN2CCCC[C@H]12. The van der Waals surface area contributed by atoms with Gasteiger partial charge in [-0.05, 0) is 68.0 Å². The molecule has 3 heterocycles. The van der Waals surface area contributed by atoms with Crippen molar-refractivity contribution in [1.82, 2.24) is 9.80 Å². The highest BCUT2D eigenvalue weighted by molar-refractivity contribution is 5.95. The Labute approximate surface area is 207 Å².